The minimum Gasteiger partial charge on any atom is -0.445 e. The minimum atomic E-state index is -0.634. The van der Waals surface area contributed by atoms with Crippen molar-refractivity contribution in [1.82, 2.24) is 9.78 Å². The maximum absolute atomic E-state index is 11.5. The highest BCUT2D eigenvalue weighted by molar-refractivity contribution is 5.87. The lowest BCUT2D eigenvalue weighted by molar-refractivity contribution is 0.0547. The van der Waals surface area contributed by atoms with Gasteiger partial charge in [-0.3, -0.25) is 0 Å². The first-order valence-corrected chi connectivity index (χ1v) is 5.17. The Labute approximate surface area is 103 Å². The number of esters is 1. The van der Waals surface area contributed by atoms with Crippen molar-refractivity contribution in [1.29, 1.82) is 5.26 Å². The van der Waals surface area contributed by atoms with Crippen LogP contribution < -0.4 is 5.73 Å². The maximum Gasteiger partial charge on any atom is 0.359 e. The predicted molar refractivity (Wildman–Crippen MR) is 63.9 cm³/mol. The van der Waals surface area contributed by atoms with Crippen LogP contribution in [0.2, 0.25) is 0 Å². The Bertz CT molecular complexity index is 613. The number of para-hydroxylation sites is 2. The van der Waals surface area contributed by atoms with E-state index in [-0.39, 0.29) is 12.3 Å². The number of carbonyl (C=O) groups excluding carboxylic acids is 1. The first-order valence-electron chi connectivity index (χ1n) is 5.17. The number of nitrogens with two attached hydrogens (primary N) is 1. The number of nitrogen functional groups attached to an aromatic ring is 1. The van der Waals surface area contributed by atoms with Crippen LogP contribution >= 0.6 is 0 Å². The molecule has 0 bridgehead atoms. The summed E-state index contributed by atoms with van der Waals surface area (Å²) in [4.78, 5) is 11.5. The van der Waals surface area contributed by atoms with Gasteiger partial charge in [-0.05, 0) is 18.2 Å². The Morgan fingerprint density at radius 1 is 1.44 bits per heavy atom. The van der Waals surface area contributed by atoms with Gasteiger partial charge in [-0.15, -0.1) is 0 Å². The zero-order chi connectivity index (χ0) is 13.0. The number of carbonyl (C=O) groups is 1. The molecule has 0 aliphatic heterocycles. The standard InChI is InChI=1S/C12H10N4O2/c13-6-8-18-12(17)10-5-7-16(15-10)11-4-2-1-3-9(11)14/h1-5,7H,8,14H2. The molecule has 0 atom stereocenters. The van der Waals surface area contributed by atoms with Crippen molar-refractivity contribution >= 4 is 11.7 Å². The molecule has 1 aromatic heterocycles. The molecular formula is C12H10N4O2. The molecule has 6 nitrogen and oxygen atoms in total. The number of anilines is 1. The molecule has 0 spiro atoms. The summed E-state index contributed by atoms with van der Waals surface area (Å²) in [6.45, 7) is -0.292. The topological polar surface area (TPSA) is 93.9 Å². The molecule has 0 aliphatic rings. The van der Waals surface area contributed by atoms with Gasteiger partial charge in [-0.25, -0.2) is 9.48 Å². The molecular weight excluding hydrogens is 232 g/mol. The van der Waals surface area contributed by atoms with Crippen LogP contribution in [-0.2, 0) is 4.74 Å². The van der Waals surface area contributed by atoms with Crippen molar-refractivity contribution in [3.8, 4) is 11.8 Å². The van der Waals surface area contributed by atoms with Gasteiger partial charge in [0.15, 0.2) is 12.3 Å². The Morgan fingerprint density at radius 3 is 2.94 bits per heavy atom. The molecule has 0 radical (unpaired) electrons. The van der Waals surface area contributed by atoms with E-state index in [4.69, 9.17) is 11.0 Å². The molecule has 0 unspecified atom stereocenters. The Balaban J connectivity index is 2.24. The first kappa shape index (κ1) is 11.7. The molecule has 1 heterocycles. The SMILES string of the molecule is N#CCOC(=O)c1ccn(-c2ccccc2N)n1. The van der Waals surface area contributed by atoms with Crippen molar-refractivity contribution in [3.05, 3.63) is 42.2 Å². The minimum absolute atomic E-state index is 0.133. The number of nitriles is 1. The van der Waals surface area contributed by atoms with Crippen LogP contribution in [0.15, 0.2) is 36.5 Å². The van der Waals surface area contributed by atoms with E-state index in [1.807, 2.05) is 12.1 Å². The molecule has 0 saturated heterocycles. The van der Waals surface area contributed by atoms with Crippen molar-refractivity contribution < 1.29 is 9.53 Å². The quantitative estimate of drug-likeness (QED) is 0.643. The molecule has 1 aromatic carbocycles. The smallest absolute Gasteiger partial charge is 0.359 e. The van der Waals surface area contributed by atoms with Crippen molar-refractivity contribution in [2.24, 2.45) is 0 Å². The average molecular weight is 242 g/mol. The number of ether oxygens (including phenoxy) is 1. The number of aromatic nitrogens is 2. The van der Waals surface area contributed by atoms with Crippen molar-refractivity contribution in [2.75, 3.05) is 12.3 Å². The molecule has 18 heavy (non-hydrogen) atoms. The van der Waals surface area contributed by atoms with Crippen LogP contribution in [0.5, 0.6) is 0 Å². The molecule has 90 valence electrons. The summed E-state index contributed by atoms with van der Waals surface area (Å²) in [6.07, 6.45) is 1.61. The highest BCUT2D eigenvalue weighted by Crippen LogP contribution is 2.15. The van der Waals surface area contributed by atoms with E-state index < -0.39 is 5.97 Å². The lowest BCUT2D eigenvalue weighted by atomic mass is 10.3. The maximum atomic E-state index is 11.5. The number of rotatable bonds is 3. The van der Waals surface area contributed by atoms with Crippen LogP contribution in [0, 0.1) is 11.3 Å². The van der Waals surface area contributed by atoms with E-state index in [0.29, 0.717) is 11.4 Å². The molecule has 0 saturated carbocycles. The van der Waals surface area contributed by atoms with Gasteiger partial charge in [-0.2, -0.15) is 10.4 Å². The third-order valence-corrected chi connectivity index (χ3v) is 2.25. The average Bonchev–Trinajstić information content (AvgIpc) is 2.86. The second-order valence-corrected chi connectivity index (χ2v) is 3.44. The zero-order valence-corrected chi connectivity index (χ0v) is 9.41. The first-order chi connectivity index (χ1) is 8.72. The van der Waals surface area contributed by atoms with E-state index in [9.17, 15) is 4.79 Å². The fourth-order valence-electron chi connectivity index (χ4n) is 1.43. The number of hydrogen-bond donors (Lipinski definition) is 1. The molecule has 6 heteroatoms. The van der Waals surface area contributed by atoms with Crippen molar-refractivity contribution in [3.63, 3.8) is 0 Å². The molecule has 2 aromatic rings. The van der Waals surface area contributed by atoms with Gasteiger partial charge in [0, 0.05) is 6.20 Å². The van der Waals surface area contributed by atoms with Crippen LogP contribution in [-0.4, -0.2) is 22.4 Å². The Hall–Kier alpha value is -2.81. The van der Waals surface area contributed by atoms with Crippen molar-refractivity contribution in [2.45, 2.75) is 0 Å². The van der Waals surface area contributed by atoms with E-state index in [1.165, 1.54) is 10.7 Å². The summed E-state index contributed by atoms with van der Waals surface area (Å²) < 4.78 is 6.13. The van der Waals surface area contributed by atoms with Gasteiger partial charge >= 0.3 is 5.97 Å². The third kappa shape index (κ3) is 2.30. The second kappa shape index (κ2) is 5.01. The largest absolute Gasteiger partial charge is 0.445 e. The summed E-state index contributed by atoms with van der Waals surface area (Å²) in [6, 6.07) is 10.4. The lowest BCUT2D eigenvalue weighted by Crippen LogP contribution is -2.07. The van der Waals surface area contributed by atoms with Crippen LogP contribution in [0.4, 0.5) is 5.69 Å². The third-order valence-electron chi connectivity index (χ3n) is 2.25. The zero-order valence-electron chi connectivity index (χ0n) is 9.41. The van der Waals surface area contributed by atoms with E-state index >= 15 is 0 Å². The van der Waals surface area contributed by atoms with Gasteiger partial charge in [0.25, 0.3) is 0 Å². The fourth-order valence-corrected chi connectivity index (χ4v) is 1.43. The Kier molecular flexibility index (Phi) is 3.25. The lowest BCUT2D eigenvalue weighted by Gasteiger charge is -2.04. The van der Waals surface area contributed by atoms with Gasteiger partial charge in [0.05, 0.1) is 11.4 Å². The molecule has 0 fully saturated rings. The van der Waals surface area contributed by atoms with Crippen LogP contribution in [0.25, 0.3) is 5.69 Å². The molecule has 2 N–H and O–H groups in total. The molecule has 2 rings (SSSR count). The summed E-state index contributed by atoms with van der Waals surface area (Å²) in [5, 5.41) is 12.4. The van der Waals surface area contributed by atoms with Gasteiger partial charge in [0.1, 0.15) is 6.07 Å². The number of benzene rings is 1. The Morgan fingerprint density at radius 2 is 2.22 bits per heavy atom. The second-order valence-electron chi connectivity index (χ2n) is 3.44. The molecule has 0 amide bonds. The number of hydrogen-bond acceptors (Lipinski definition) is 5. The summed E-state index contributed by atoms with van der Waals surface area (Å²) in [7, 11) is 0. The van der Waals surface area contributed by atoms with Gasteiger partial charge in [0.2, 0.25) is 0 Å². The van der Waals surface area contributed by atoms with Gasteiger partial charge in [-0.1, -0.05) is 12.1 Å². The summed E-state index contributed by atoms with van der Waals surface area (Å²) in [5.41, 5.74) is 7.16. The van der Waals surface area contributed by atoms with E-state index in [0.717, 1.165) is 0 Å². The highest BCUT2D eigenvalue weighted by atomic mass is 16.5. The predicted octanol–water partition coefficient (Wildman–Crippen LogP) is 1.13. The monoisotopic (exact) mass is 242 g/mol. The van der Waals surface area contributed by atoms with Crippen LogP contribution in [0.1, 0.15) is 10.5 Å². The summed E-state index contributed by atoms with van der Waals surface area (Å²) >= 11 is 0. The van der Waals surface area contributed by atoms with E-state index in [1.54, 1.807) is 24.4 Å². The van der Waals surface area contributed by atoms with Gasteiger partial charge < -0.3 is 10.5 Å². The van der Waals surface area contributed by atoms with E-state index in [2.05, 4.69) is 9.84 Å². The highest BCUT2D eigenvalue weighted by Gasteiger charge is 2.12. The fraction of sp³-hybridized carbons (Fsp3) is 0.0833. The summed E-state index contributed by atoms with van der Waals surface area (Å²) in [5.74, 6) is -0.634. The normalized spacial score (nSPS) is 9.72. The molecule has 0 aliphatic carbocycles. The number of nitrogens with zero attached hydrogens (tertiary/aromatic N) is 3. The van der Waals surface area contributed by atoms with Crippen LogP contribution in [0.3, 0.4) is 0 Å².